The minimum Gasteiger partial charge on any atom is -0.248 e. The molecule has 0 saturated heterocycles. The van der Waals surface area contributed by atoms with Crippen molar-refractivity contribution in [3.8, 4) is 0 Å². The molecule has 2 nitrogen and oxygen atoms in total. The van der Waals surface area contributed by atoms with Crippen LogP contribution in [-0.4, -0.2) is 4.98 Å². The Bertz CT molecular complexity index is 726. The molecule has 0 aliphatic heterocycles. The summed E-state index contributed by atoms with van der Waals surface area (Å²) < 4.78 is 2.17. The average Bonchev–Trinajstić information content (AvgIpc) is 2.51. The van der Waals surface area contributed by atoms with Gasteiger partial charge in [0.1, 0.15) is 5.69 Å². The van der Waals surface area contributed by atoms with Crippen molar-refractivity contribution in [3.63, 3.8) is 0 Å². The first-order chi connectivity index (χ1) is 10.3. The molecule has 0 amide bonds. The molecule has 104 valence electrons. The Kier molecular flexibility index (Phi) is 4.31. The minimum atomic E-state index is 0.801. The summed E-state index contributed by atoms with van der Waals surface area (Å²) in [6, 6.07) is 18.6. The van der Waals surface area contributed by atoms with E-state index in [0.717, 1.165) is 23.6 Å². The molecule has 0 atom stereocenters. The van der Waals surface area contributed by atoms with Crippen molar-refractivity contribution in [2.24, 2.45) is 0 Å². The van der Waals surface area contributed by atoms with Crippen LogP contribution in [0, 0.1) is 0 Å². The fraction of sp³-hybridized carbons (Fsp3) is 0.111. The number of benzene rings is 2. The summed E-state index contributed by atoms with van der Waals surface area (Å²) in [5.41, 5.74) is 3.54. The van der Waals surface area contributed by atoms with Crippen molar-refractivity contribution in [3.05, 3.63) is 90.0 Å². The zero-order valence-corrected chi connectivity index (χ0v) is 12.6. The summed E-state index contributed by atoms with van der Waals surface area (Å²) in [5, 5.41) is 0. The highest BCUT2D eigenvalue weighted by Crippen LogP contribution is 2.15. The Morgan fingerprint density at radius 1 is 0.952 bits per heavy atom. The quantitative estimate of drug-likeness (QED) is 0.577. The van der Waals surface area contributed by atoms with Crippen LogP contribution >= 0.6 is 12.6 Å². The highest BCUT2D eigenvalue weighted by atomic mass is 32.1. The van der Waals surface area contributed by atoms with E-state index in [1.54, 1.807) is 0 Å². The lowest BCUT2D eigenvalue weighted by Gasteiger charge is -2.04. The fourth-order valence-corrected chi connectivity index (χ4v) is 2.56. The van der Waals surface area contributed by atoms with E-state index >= 15 is 0 Å². The van der Waals surface area contributed by atoms with Crippen LogP contribution in [-0.2, 0) is 13.0 Å². The van der Waals surface area contributed by atoms with Crippen LogP contribution < -0.4 is 4.57 Å². The third-order valence-corrected chi connectivity index (χ3v) is 3.82. The summed E-state index contributed by atoms with van der Waals surface area (Å²) in [7, 11) is 0. The largest absolute Gasteiger partial charge is 0.248 e. The van der Waals surface area contributed by atoms with Crippen molar-refractivity contribution in [2.45, 2.75) is 17.9 Å². The predicted octanol–water partition coefficient (Wildman–Crippen LogP) is 3.30. The summed E-state index contributed by atoms with van der Waals surface area (Å²) in [6.07, 6.45) is 6.77. The molecular formula is C18H17N2S+. The van der Waals surface area contributed by atoms with Crippen LogP contribution in [0.1, 0.15) is 16.8 Å². The summed E-state index contributed by atoms with van der Waals surface area (Å²) in [6.45, 7) is 0.860. The number of rotatable bonds is 4. The monoisotopic (exact) mass is 293 g/mol. The minimum absolute atomic E-state index is 0.801. The van der Waals surface area contributed by atoms with Gasteiger partial charge in [-0.15, -0.1) is 12.6 Å². The molecule has 0 fully saturated rings. The van der Waals surface area contributed by atoms with Gasteiger partial charge in [0.25, 0.3) is 0 Å². The van der Waals surface area contributed by atoms with Crippen LogP contribution in [0.25, 0.3) is 0 Å². The molecule has 0 aliphatic rings. The van der Waals surface area contributed by atoms with Crippen molar-refractivity contribution < 1.29 is 4.57 Å². The molecule has 0 aliphatic carbocycles. The van der Waals surface area contributed by atoms with Crippen molar-refractivity contribution in [1.82, 2.24) is 4.98 Å². The van der Waals surface area contributed by atoms with E-state index in [0.29, 0.717) is 0 Å². The molecular weight excluding hydrogens is 276 g/mol. The third kappa shape index (κ3) is 3.70. The maximum absolute atomic E-state index is 4.50. The van der Waals surface area contributed by atoms with Gasteiger partial charge in [-0.1, -0.05) is 48.5 Å². The van der Waals surface area contributed by atoms with Crippen LogP contribution in [0.15, 0.2) is 78.1 Å². The maximum Gasteiger partial charge on any atom is 0.191 e. The Morgan fingerprint density at radius 3 is 2.52 bits per heavy atom. The molecule has 0 unspecified atom stereocenters. The lowest BCUT2D eigenvalue weighted by atomic mass is 10.1. The van der Waals surface area contributed by atoms with Crippen LogP contribution in [0.2, 0.25) is 0 Å². The third-order valence-electron chi connectivity index (χ3n) is 3.38. The van der Waals surface area contributed by atoms with Gasteiger partial charge < -0.3 is 0 Å². The Labute approximate surface area is 130 Å². The fourth-order valence-electron chi connectivity index (χ4n) is 2.32. The first-order valence-electron chi connectivity index (χ1n) is 6.96. The molecule has 3 aromatic rings. The highest BCUT2D eigenvalue weighted by molar-refractivity contribution is 7.80. The Morgan fingerprint density at radius 2 is 1.71 bits per heavy atom. The SMILES string of the molecule is Sc1ccccc1Cc1c[n+](Cc2ccccc2)ccn1. The van der Waals surface area contributed by atoms with Gasteiger partial charge >= 0.3 is 0 Å². The number of thiol groups is 1. The van der Waals surface area contributed by atoms with Gasteiger partial charge in [0.2, 0.25) is 0 Å². The second-order valence-corrected chi connectivity index (χ2v) is 5.49. The van der Waals surface area contributed by atoms with Crippen LogP contribution in [0.3, 0.4) is 0 Å². The Balaban J connectivity index is 1.79. The topological polar surface area (TPSA) is 16.8 Å². The van der Waals surface area contributed by atoms with E-state index in [2.05, 4.69) is 58.7 Å². The normalized spacial score (nSPS) is 10.5. The smallest absolute Gasteiger partial charge is 0.191 e. The van der Waals surface area contributed by atoms with Crippen molar-refractivity contribution in [2.75, 3.05) is 0 Å². The van der Waals surface area contributed by atoms with Crippen molar-refractivity contribution in [1.29, 1.82) is 0 Å². The molecule has 0 bridgehead atoms. The molecule has 0 spiro atoms. The number of aromatic nitrogens is 2. The molecule has 0 saturated carbocycles. The van der Waals surface area contributed by atoms with E-state index in [-0.39, 0.29) is 0 Å². The molecule has 3 rings (SSSR count). The van der Waals surface area contributed by atoms with Gasteiger partial charge in [0.05, 0.1) is 6.20 Å². The lowest BCUT2D eigenvalue weighted by molar-refractivity contribution is -0.689. The Hall–Kier alpha value is -2.13. The number of hydrogen-bond donors (Lipinski definition) is 1. The van der Waals surface area contributed by atoms with Crippen molar-refractivity contribution >= 4 is 12.6 Å². The van der Waals surface area contributed by atoms with Gasteiger partial charge in [0, 0.05) is 16.9 Å². The van der Waals surface area contributed by atoms with Crippen LogP contribution in [0.5, 0.6) is 0 Å². The first-order valence-corrected chi connectivity index (χ1v) is 7.41. The molecule has 3 heteroatoms. The standard InChI is InChI=1S/C18H16N2S/c21-18-9-5-4-8-16(18)12-17-14-20(11-10-19-17)13-15-6-2-1-3-7-15/h1-11,14H,12-13H2/p+1. The van der Waals surface area contributed by atoms with E-state index in [1.807, 2.05) is 36.7 Å². The van der Waals surface area contributed by atoms with Gasteiger partial charge in [-0.25, -0.2) is 4.98 Å². The zero-order chi connectivity index (χ0) is 14.5. The molecule has 21 heavy (non-hydrogen) atoms. The summed E-state index contributed by atoms with van der Waals surface area (Å²) in [4.78, 5) is 5.47. The van der Waals surface area contributed by atoms with E-state index in [1.165, 1.54) is 11.1 Å². The predicted molar refractivity (Wildman–Crippen MR) is 86.5 cm³/mol. The molecule has 1 aromatic heterocycles. The van der Waals surface area contributed by atoms with E-state index < -0.39 is 0 Å². The average molecular weight is 293 g/mol. The lowest BCUT2D eigenvalue weighted by Crippen LogP contribution is -2.34. The first kappa shape index (κ1) is 13.8. The maximum atomic E-state index is 4.50. The molecule has 1 heterocycles. The second-order valence-electron chi connectivity index (χ2n) is 5.01. The van der Waals surface area contributed by atoms with Gasteiger partial charge in [-0.3, -0.25) is 0 Å². The van der Waals surface area contributed by atoms with E-state index in [9.17, 15) is 0 Å². The molecule has 2 aromatic carbocycles. The second kappa shape index (κ2) is 6.55. The van der Waals surface area contributed by atoms with Gasteiger partial charge in [-0.05, 0) is 11.6 Å². The zero-order valence-electron chi connectivity index (χ0n) is 11.7. The van der Waals surface area contributed by atoms with E-state index in [4.69, 9.17) is 0 Å². The van der Waals surface area contributed by atoms with Gasteiger partial charge in [-0.2, -0.15) is 4.57 Å². The van der Waals surface area contributed by atoms with Crippen LogP contribution in [0.4, 0.5) is 0 Å². The molecule has 0 N–H and O–H groups in total. The summed E-state index contributed by atoms with van der Waals surface area (Å²) >= 11 is 4.50. The summed E-state index contributed by atoms with van der Waals surface area (Å²) in [5.74, 6) is 0. The number of hydrogen-bond acceptors (Lipinski definition) is 2. The number of nitrogens with zero attached hydrogens (tertiary/aromatic N) is 2. The highest BCUT2D eigenvalue weighted by Gasteiger charge is 2.07. The molecule has 0 radical (unpaired) electrons. The van der Waals surface area contributed by atoms with Gasteiger partial charge in [0.15, 0.2) is 18.9 Å².